The summed E-state index contributed by atoms with van der Waals surface area (Å²) in [6.45, 7) is 10.8. The summed E-state index contributed by atoms with van der Waals surface area (Å²) in [6, 6.07) is 0. The number of esters is 2. The van der Waals surface area contributed by atoms with Gasteiger partial charge in [0.1, 0.15) is 30.3 Å². The molecule has 2 rings (SSSR count). The van der Waals surface area contributed by atoms with Crippen LogP contribution >= 0.6 is 7.82 Å². The Hall–Kier alpha value is -2.13. The average molecular weight is 755 g/mol. The first kappa shape index (κ1) is 46.0. The number of benzene rings is 1. The number of unbranched alkanes of at least 4 members (excludes halogenated alkanes) is 16. The van der Waals surface area contributed by atoms with Crippen LogP contribution in [0.15, 0.2) is 0 Å². The molecule has 1 aliphatic heterocycles. The molecule has 0 aliphatic carbocycles. The van der Waals surface area contributed by atoms with Crippen LogP contribution in [-0.4, -0.2) is 53.5 Å². The van der Waals surface area contributed by atoms with Crippen molar-refractivity contribution in [2.45, 2.75) is 195 Å². The second-order valence-corrected chi connectivity index (χ2v) is 16.4. The number of ether oxygens (including phenoxy) is 3. The Labute approximate surface area is 314 Å². The van der Waals surface area contributed by atoms with E-state index in [0.29, 0.717) is 36.1 Å². The van der Waals surface area contributed by atoms with E-state index in [1.807, 2.05) is 13.8 Å². The van der Waals surface area contributed by atoms with Gasteiger partial charge >= 0.3 is 19.8 Å². The lowest BCUT2D eigenvalue weighted by Gasteiger charge is -2.37. The van der Waals surface area contributed by atoms with Gasteiger partial charge in [0.2, 0.25) is 0 Å². The maximum atomic E-state index is 13.3. The first-order valence-corrected chi connectivity index (χ1v) is 21.8. The molecule has 52 heavy (non-hydrogen) atoms. The summed E-state index contributed by atoms with van der Waals surface area (Å²) in [7, 11) is -4.69. The first-order valence-electron chi connectivity index (χ1n) is 20.3. The van der Waals surface area contributed by atoms with Crippen molar-refractivity contribution in [3.05, 3.63) is 22.3 Å². The zero-order valence-electron chi connectivity index (χ0n) is 33.4. The molecule has 1 aliphatic rings. The van der Waals surface area contributed by atoms with Gasteiger partial charge in [0.05, 0.1) is 6.61 Å². The molecule has 0 radical (unpaired) electrons. The molecule has 0 saturated carbocycles. The highest BCUT2D eigenvalue weighted by Crippen LogP contribution is 2.50. The van der Waals surface area contributed by atoms with Crippen LogP contribution in [0, 0.1) is 20.8 Å². The standard InChI is InChI=1S/C41H71O10P/c1-7-9-11-13-15-17-19-21-23-25-37(43)47-29-35(49-38(44)26-24-22-20-18-16-14-12-10-8-2)30-48-52(45,46)51-39-32(3)33(4)40-36(34(39)5)27-28-41(6,31-42)50-40/h35,42H,7-31H2,1-6H3,(H,45,46)/t35-,41?/m1/s1. The summed E-state index contributed by atoms with van der Waals surface area (Å²) in [6.07, 6.45) is 20.8. The number of fused-ring (bicyclic) bond motifs is 1. The molecule has 1 aromatic carbocycles. The Morgan fingerprint density at radius 2 is 1.25 bits per heavy atom. The van der Waals surface area contributed by atoms with E-state index in [1.165, 1.54) is 64.2 Å². The molecule has 2 N–H and O–H groups in total. The molecule has 300 valence electrons. The molecule has 2 unspecified atom stereocenters. The van der Waals surface area contributed by atoms with Crippen LogP contribution in [0.5, 0.6) is 11.5 Å². The van der Waals surface area contributed by atoms with Gasteiger partial charge in [-0.2, -0.15) is 0 Å². The molecule has 0 amide bonds. The maximum Gasteiger partial charge on any atom is 0.527 e. The van der Waals surface area contributed by atoms with E-state index in [2.05, 4.69) is 13.8 Å². The van der Waals surface area contributed by atoms with Gasteiger partial charge in [-0.3, -0.25) is 19.0 Å². The SMILES string of the molecule is CCCCCCCCCCCC(=O)OC[C@H](COP(=O)(O)Oc1c(C)c(C)c2c(c1C)CCC(C)(CO)O2)OC(=O)CCCCCCCCCCC. The van der Waals surface area contributed by atoms with Crippen molar-refractivity contribution in [3.63, 3.8) is 0 Å². The number of carbonyl (C=O) groups excluding carboxylic acids is 2. The lowest BCUT2D eigenvalue weighted by Crippen LogP contribution is -2.40. The van der Waals surface area contributed by atoms with E-state index in [9.17, 15) is 24.2 Å². The van der Waals surface area contributed by atoms with E-state index in [-0.39, 0.29) is 31.8 Å². The first-order chi connectivity index (χ1) is 24.9. The Bertz CT molecular complexity index is 1250. The van der Waals surface area contributed by atoms with Crippen LogP contribution in [0.1, 0.15) is 178 Å². The number of hydrogen-bond acceptors (Lipinski definition) is 9. The average Bonchev–Trinajstić information content (AvgIpc) is 3.12. The van der Waals surface area contributed by atoms with E-state index in [1.54, 1.807) is 13.8 Å². The molecule has 1 aromatic rings. The van der Waals surface area contributed by atoms with Gasteiger partial charge < -0.3 is 23.8 Å². The van der Waals surface area contributed by atoms with Crippen LogP contribution in [0.3, 0.4) is 0 Å². The monoisotopic (exact) mass is 754 g/mol. The Kier molecular flexibility index (Phi) is 22.2. The van der Waals surface area contributed by atoms with Crippen LogP contribution in [0.25, 0.3) is 0 Å². The van der Waals surface area contributed by atoms with E-state index >= 15 is 0 Å². The maximum absolute atomic E-state index is 13.3. The predicted octanol–water partition coefficient (Wildman–Crippen LogP) is 10.5. The zero-order chi connectivity index (χ0) is 38.4. The number of rotatable bonds is 29. The molecule has 0 spiro atoms. The van der Waals surface area contributed by atoms with Gasteiger partial charge in [0, 0.05) is 18.4 Å². The third kappa shape index (κ3) is 17.3. The minimum atomic E-state index is -4.69. The van der Waals surface area contributed by atoms with Crippen molar-refractivity contribution in [2.24, 2.45) is 0 Å². The highest BCUT2D eigenvalue weighted by Gasteiger charge is 2.36. The topological polar surface area (TPSA) is 138 Å². The van der Waals surface area contributed by atoms with Crippen molar-refractivity contribution in [2.75, 3.05) is 19.8 Å². The van der Waals surface area contributed by atoms with E-state index < -0.39 is 38.1 Å². The molecule has 0 aromatic heterocycles. The van der Waals surface area contributed by atoms with Crippen molar-refractivity contribution in [3.8, 4) is 11.5 Å². The zero-order valence-corrected chi connectivity index (χ0v) is 34.3. The van der Waals surface area contributed by atoms with Crippen molar-refractivity contribution >= 4 is 19.8 Å². The summed E-state index contributed by atoms with van der Waals surface area (Å²) in [5.74, 6) is 0.0142. The molecule has 0 bridgehead atoms. The third-order valence-electron chi connectivity index (χ3n) is 10.2. The van der Waals surface area contributed by atoms with Crippen LogP contribution < -0.4 is 9.26 Å². The summed E-state index contributed by atoms with van der Waals surface area (Å²) in [4.78, 5) is 36.2. The van der Waals surface area contributed by atoms with Gasteiger partial charge in [-0.15, -0.1) is 0 Å². The Morgan fingerprint density at radius 3 is 1.77 bits per heavy atom. The fraction of sp³-hybridized carbons (Fsp3) is 0.805. The van der Waals surface area contributed by atoms with Crippen LogP contribution in [0.2, 0.25) is 0 Å². The number of carbonyl (C=O) groups is 2. The number of aliphatic hydroxyl groups is 1. The highest BCUT2D eigenvalue weighted by molar-refractivity contribution is 7.47. The largest absolute Gasteiger partial charge is 0.527 e. The predicted molar refractivity (Wildman–Crippen MR) is 206 cm³/mol. The van der Waals surface area contributed by atoms with Crippen molar-refractivity contribution in [1.82, 2.24) is 0 Å². The number of phosphoric acid groups is 1. The highest BCUT2D eigenvalue weighted by atomic mass is 31.2. The molecule has 1 heterocycles. The number of hydrogen-bond donors (Lipinski definition) is 2. The molecular weight excluding hydrogens is 683 g/mol. The summed E-state index contributed by atoms with van der Waals surface area (Å²) >= 11 is 0. The van der Waals surface area contributed by atoms with E-state index in [4.69, 9.17) is 23.3 Å². The second-order valence-electron chi connectivity index (χ2n) is 15.0. The smallest absolute Gasteiger partial charge is 0.485 e. The Morgan fingerprint density at radius 1 is 0.750 bits per heavy atom. The normalized spacial score (nSPS) is 17.2. The lowest BCUT2D eigenvalue weighted by atomic mass is 9.87. The molecule has 11 heteroatoms. The van der Waals surface area contributed by atoms with Gasteiger partial charge in [0.15, 0.2) is 6.10 Å². The second kappa shape index (κ2) is 25.0. The van der Waals surface area contributed by atoms with Crippen LogP contribution in [-0.2, 0) is 34.6 Å². The third-order valence-corrected chi connectivity index (χ3v) is 11.1. The van der Waals surface area contributed by atoms with Crippen molar-refractivity contribution < 1.29 is 47.4 Å². The molecule has 3 atom stereocenters. The fourth-order valence-corrected chi connectivity index (χ4v) is 7.54. The number of phosphoric ester groups is 1. The quantitative estimate of drug-likeness (QED) is 0.0462. The minimum absolute atomic E-state index is 0.124. The lowest BCUT2D eigenvalue weighted by molar-refractivity contribution is -0.161. The van der Waals surface area contributed by atoms with Gasteiger partial charge in [-0.05, 0) is 70.1 Å². The summed E-state index contributed by atoms with van der Waals surface area (Å²) in [5.41, 5.74) is 2.17. The summed E-state index contributed by atoms with van der Waals surface area (Å²) in [5, 5.41) is 9.84. The summed E-state index contributed by atoms with van der Waals surface area (Å²) < 4.78 is 41.6. The molecule has 10 nitrogen and oxygen atoms in total. The minimum Gasteiger partial charge on any atom is -0.485 e. The molecular formula is C41H71O10P. The van der Waals surface area contributed by atoms with Gasteiger partial charge in [-0.25, -0.2) is 4.57 Å². The number of aliphatic hydroxyl groups excluding tert-OH is 1. The van der Waals surface area contributed by atoms with Gasteiger partial charge in [-0.1, -0.05) is 117 Å². The fourth-order valence-electron chi connectivity index (χ4n) is 6.63. The van der Waals surface area contributed by atoms with Gasteiger partial charge in [0.25, 0.3) is 0 Å². The molecule has 0 fully saturated rings. The van der Waals surface area contributed by atoms with Crippen LogP contribution in [0.4, 0.5) is 0 Å². The van der Waals surface area contributed by atoms with Crippen molar-refractivity contribution in [1.29, 1.82) is 0 Å². The molecule has 0 saturated heterocycles. The Balaban J connectivity index is 1.96. The van der Waals surface area contributed by atoms with E-state index in [0.717, 1.165) is 56.1 Å².